The average Bonchev–Trinajstić information content (AvgIpc) is 3.57. The molecule has 1 saturated heterocycles. The van der Waals surface area contributed by atoms with Crippen LogP contribution in [0.2, 0.25) is 0 Å². The quantitative estimate of drug-likeness (QED) is 0.713. The summed E-state index contributed by atoms with van der Waals surface area (Å²) in [6.07, 6.45) is 20.8. The fourth-order valence-corrected chi connectivity index (χ4v) is 4.56. The van der Waals surface area contributed by atoms with Crippen molar-refractivity contribution in [3.63, 3.8) is 0 Å². The minimum Gasteiger partial charge on any atom is -0.375 e. The molecule has 0 radical (unpaired) electrons. The smallest absolute Gasteiger partial charge is 0.170 e. The summed E-state index contributed by atoms with van der Waals surface area (Å²) in [5.41, 5.74) is 2.55. The van der Waals surface area contributed by atoms with Crippen molar-refractivity contribution in [3.8, 4) is 0 Å². The number of fused-ring (bicyclic) bond motifs is 6. The van der Waals surface area contributed by atoms with E-state index in [2.05, 4.69) is 25.3 Å². The highest BCUT2D eigenvalue weighted by Gasteiger charge is 2.46. The zero-order valence-corrected chi connectivity index (χ0v) is 18.3. The lowest BCUT2D eigenvalue weighted by molar-refractivity contribution is -0.123. The van der Waals surface area contributed by atoms with Gasteiger partial charge >= 0.3 is 0 Å². The Morgan fingerprint density at radius 3 is 2.52 bits per heavy atom. The van der Waals surface area contributed by atoms with E-state index in [0.29, 0.717) is 0 Å². The van der Waals surface area contributed by atoms with Crippen molar-refractivity contribution < 1.29 is 4.79 Å². The predicted molar refractivity (Wildman–Crippen MR) is 128 cm³/mol. The maximum Gasteiger partial charge on any atom is 0.170 e. The topological polar surface area (TPSA) is 95.4 Å². The molecule has 33 heavy (non-hydrogen) atoms. The van der Waals surface area contributed by atoms with Crippen molar-refractivity contribution in [1.82, 2.24) is 20.3 Å². The largest absolute Gasteiger partial charge is 0.375 e. The van der Waals surface area contributed by atoms with E-state index in [4.69, 9.17) is 4.99 Å². The Balaban J connectivity index is 1.60. The summed E-state index contributed by atoms with van der Waals surface area (Å²) in [4.78, 5) is 34.9. The highest BCUT2D eigenvalue weighted by atomic mass is 16.1. The van der Waals surface area contributed by atoms with Gasteiger partial charge in [-0.25, -0.2) is 15.0 Å². The first-order valence-corrected chi connectivity index (χ1v) is 10.9. The Hall–Kier alpha value is -4.13. The fourth-order valence-electron chi connectivity index (χ4n) is 4.56. The van der Waals surface area contributed by atoms with Gasteiger partial charge in [-0.1, -0.05) is 0 Å². The van der Waals surface area contributed by atoms with Gasteiger partial charge in [-0.2, -0.15) is 0 Å². The van der Waals surface area contributed by atoms with Crippen LogP contribution in [-0.4, -0.2) is 38.2 Å². The second-order valence-electron chi connectivity index (χ2n) is 9.11. The fraction of sp³-hybridized carbons (Fsp3) is 0.192. The van der Waals surface area contributed by atoms with Gasteiger partial charge in [0.1, 0.15) is 17.9 Å². The van der Waals surface area contributed by atoms with Gasteiger partial charge in [0.15, 0.2) is 5.78 Å². The van der Waals surface area contributed by atoms with Gasteiger partial charge in [0, 0.05) is 34.4 Å². The Kier molecular flexibility index (Phi) is 4.11. The zero-order valence-electron chi connectivity index (χ0n) is 18.3. The highest BCUT2D eigenvalue weighted by molar-refractivity contribution is 6.20. The molecule has 6 rings (SSSR count). The summed E-state index contributed by atoms with van der Waals surface area (Å²) in [5, 5.41) is 5.32. The zero-order chi connectivity index (χ0) is 22.6. The minimum absolute atomic E-state index is 0.0948. The maximum atomic E-state index is 13.3. The second kappa shape index (κ2) is 6.93. The Labute approximate surface area is 190 Å². The molecule has 4 aliphatic heterocycles. The van der Waals surface area contributed by atoms with Crippen LogP contribution in [0.4, 0.5) is 0 Å². The van der Waals surface area contributed by atoms with Crippen molar-refractivity contribution in [2.45, 2.75) is 25.4 Å². The number of allylic oxidation sites excluding steroid dienone is 4. The number of hydrogen-bond acceptors (Lipinski definition) is 6. The van der Waals surface area contributed by atoms with E-state index >= 15 is 0 Å². The molecule has 0 spiro atoms. The van der Waals surface area contributed by atoms with Crippen LogP contribution in [0.15, 0.2) is 88.7 Å². The van der Waals surface area contributed by atoms with Gasteiger partial charge in [-0.15, -0.1) is 0 Å². The number of Topliss-reactive ketones (excluding diaryl/α,β-unsaturated/α-hetero) is 1. The van der Waals surface area contributed by atoms with Crippen LogP contribution in [0, 0.1) is 5.41 Å². The standard InChI is InChI=1S/C26H22N6O/c1-25(2)23-12-26(16-13-27-15-28-14-16)8-7-21(32-26)10-19-4-3-17(29-19)9-18-5-6-20(30-18)11-22(31-23)24(25)33/h3-15,22,29,31H,1-2H3. The third-order valence-corrected chi connectivity index (χ3v) is 6.45. The number of hydrogen-bond donors (Lipinski definition) is 2. The van der Waals surface area contributed by atoms with Crippen molar-refractivity contribution in [2.24, 2.45) is 15.4 Å². The molecule has 4 aliphatic rings. The lowest BCUT2D eigenvalue weighted by Crippen LogP contribution is -2.27. The summed E-state index contributed by atoms with van der Waals surface area (Å²) in [7, 11) is 0. The molecule has 0 aromatic carbocycles. The van der Waals surface area contributed by atoms with Crippen LogP contribution in [0.25, 0.3) is 12.2 Å². The van der Waals surface area contributed by atoms with Gasteiger partial charge in [0.2, 0.25) is 0 Å². The molecule has 162 valence electrons. The van der Waals surface area contributed by atoms with Crippen LogP contribution in [0.3, 0.4) is 0 Å². The molecule has 2 atom stereocenters. The Bertz CT molecular complexity index is 1480. The van der Waals surface area contributed by atoms with E-state index in [1.54, 1.807) is 12.4 Å². The first kappa shape index (κ1) is 19.5. The number of rotatable bonds is 1. The van der Waals surface area contributed by atoms with E-state index in [1.165, 1.54) is 6.33 Å². The van der Waals surface area contributed by atoms with Gasteiger partial charge in [0.25, 0.3) is 0 Å². The highest BCUT2D eigenvalue weighted by Crippen LogP contribution is 2.40. The minimum atomic E-state index is -0.813. The van der Waals surface area contributed by atoms with Crippen LogP contribution >= 0.6 is 0 Å². The molecule has 0 aliphatic carbocycles. The number of carbonyl (C=O) groups excluding carboxylic acids is 1. The number of aromatic nitrogens is 3. The summed E-state index contributed by atoms with van der Waals surface area (Å²) in [6, 6.07) is 3.56. The summed E-state index contributed by atoms with van der Waals surface area (Å²) < 4.78 is 0. The molecule has 8 bridgehead atoms. The molecule has 7 heteroatoms. The lowest BCUT2D eigenvalue weighted by Gasteiger charge is -2.25. The van der Waals surface area contributed by atoms with Crippen molar-refractivity contribution in [3.05, 3.63) is 95.0 Å². The van der Waals surface area contributed by atoms with E-state index in [0.717, 1.165) is 39.1 Å². The van der Waals surface area contributed by atoms with Crippen LogP contribution in [-0.2, 0) is 10.3 Å². The first-order chi connectivity index (χ1) is 15.9. The average molecular weight is 435 g/mol. The van der Waals surface area contributed by atoms with E-state index < -0.39 is 17.0 Å². The van der Waals surface area contributed by atoms with E-state index in [-0.39, 0.29) is 5.78 Å². The predicted octanol–water partition coefficient (Wildman–Crippen LogP) is 1.63. The lowest BCUT2D eigenvalue weighted by atomic mass is 9.82. The third kappa shape index (κ3) is 3.24. The second-order valence-corrected chi connectivity index (χ2v) is 9.11. The van der Waals surface area contributed by atoms with Crippen LogP contribution in [0.5, 0.6) is 0 Å². The number of aromatic amines is 1. The van der Waals surface area contributed by atoms with Gasteiger partial charge in [0.05, 0.1) is 22.5 Å². The van der Waals surface area contributed by atoms with E-state index in [1.807, 2.05) is 74.6 Å². The SMILES string of the molecule is CC1(C)C(=O)C2C=C3C=CC(=N3)C=c3ccc([nH]3)=CC3=NC(c4cncnc4)(C=C3)C=C1N2. The number of nitrogens with one attached hydrogen (secondary N) is 2. The molecule has 6 heterocycles. The van der Waals surface area contributed by atoms with Gasteiger partial charge in [-0.05, 0) is 74.6 Å². The van der Waals surface area contributed by atoms with Gasteiger partial charge in [-0.3, -0.25) is 9.79 Å². The number of ketones is 1. The Morgan fingerprint density at radius 2 is 1.73 bits per heavy atom. The maximum absolute atomic E-state index is 13.3. The molecule has 2 N–H and O–H groups in total. The van der Waals surface area contributed by atoms with E-state index in [9.17, 15) is 4.79 Å². The molecule has 0 saturated carbocycles. The number of aliphatic imine (C=N–C) groups is 2. The Morgan fingerprint density at radius 1 is 0.970 bits per heavy atom. The monoisotopic (exact) mass is 434 g/mol. The molecule has 7 nitrogen and oxygen atoms in total. The van der Waals surface area contributed by atoms with Crippen LogP contribution < -0.4 is 16.0 Å². The van der Waals surface area contributed by atoms with Gasteiger partial charge < -0.3 is 10.3 Å². The summed E-state index contributed by atoms with van der Waals surface area (Å²) >= 11 is 0. The molecule has 2 unspecified atom stereocenters. The first-order valence-electron chi connectivity index (χ1n) is 10.9. The molecule has 2 aromatic rings. The molecular weight excluding hydrogens is 412 g/mol. The van der Waals surface area contributed by atoms with Crippen LogP contribution in [0.1, 0.15) is 19.4 Å². The van der Waals surface area contributed by atoms with Crippen molar-refractivity contribution in [1.29, 1.82) is 0 Å². The molecule has 2 aromatic heterocycles. The summed E-state index contributed by atoms with van der Waals surface area (Å²) in [5.74, 6) is 0.0948. The van der Waals surface area contributed by atoms with Crippen molar-refractivity contribution in [2.75, 3.05) is 0 Å². The number of H-pyrrole nitrogens is 1. The molecule has 1 fully saturated rings. The molecular formula is C26H22N6O. The van der Waals surface area contributed by atoms with Crippen molar-refractivity contribution >= 4 is 29.4 Å². The summed E-state index contributed by atoms with van der Waals surface area (Å²) in [6.45, 7) is 3.89. The number of carbonyl (C=O) groups is 1. The third-order valence-electron chi connectivity index (χ3n) is 6.45. The normalized spacial score (nSPS) is 26.6. The molecule has 0 amide bonds. The number of nitrogens with zero attached hydrogens (tertiary/aromatic N) is 4.